The first-order valence-electron chi connectivity index (χ1n) is 6.91. The molecule has 2 aromatic heterocycles. The number of aromatic nitrogens is 4. The van der Waals surface area contributed by atoms with Gasteiger partial charge < -0.3 is 10.7 Å². The highest BCUT2D eigenvalue weighted by Crippen LogP contribution is 2.49. The van der Waals surface area contributed by atoms with Gasteiger partial charge >= 0.3 is 0 Å². The zero-order valence-corrected chi connectivity index (χ0v) is 11.7. The van der Waals surface area contributed by atoms with E-state index < -0.39 is 0 Å². The minimum atomic E-state index is 0.138. The van der Waals surface area contributed by atoms with Crippen molar-refractivity contribution in [1.29, 1.82) is 0 Å². The van der Waals surface area contributed by atoms with Crippen LogP contribution in [0.5, 0.6) is 0 Å². The van der Waals surface area contributed by atoms with Crippen molar-refractivity contribution in [3.05, 3.63) is 18.3 Å². The van der Waals surface area contributed by atoms with Gasteiger partial charge in [0.05, 0.1) is 6.20 Å². The third-order valence-corrected chi connectivity index (χ3v) is 5.01. The van der Waals surface area contributed by atoms with Crippen molar-refractivity contribution in [2.24, 2.45) is 17.1 Å². The molecule has 5 heteroatoms. The molecule has 2 heterocycles. The van der Waals surface area contributed by atoms with Gasteiger partial charge in [0.1, 0.15) is 17.7 Å². The van der Waals surface area contributed by atoms with E-state index in [0.29, 0.717) is 11.8 Å². The fourth-order valence-electron chi connectivity index (χ4n) is 3.28. The van der Waals surface area contributed by atoms with Crippen molar-refractivity contribution in [1.82, 2.24) is 19.9 Å². The van der Waals surface area contributed by atoms with Crippen LogP contribution >= 0.6 is 0 Å². The molecule has 0 aliphatic heterocycles. The van der Waals surface area contributed by atoms with Crippen molar-refractivity contribution in [2.75, 3.05) is 0 Å². The molecule has 3 atom stereocenters. The van der Waals surface area contributed by atoms with Gasteiger partial charge in [-0.3, -0.25) is 0 Å². The highest BCUT2D eigenvalue weighted by Gasteiger charge is 2.43. The largest absolute Gasteiger partial charge is 0.339 e. The van der Waals surface area contributed by atoms with Crippen LogP contribution in [0, 0.1) is 11.3 Å². The average Bonchev–Trinajstić information content (AvgIpc) is 2.79. The van der Waals surface area contributed by atoms with Crippen molar-refractivity contribution in [3.8, 4) is 0 Å². The maximum atomic E-state index is 6.22. The summed E-state index contributed by atoms with van der Waals surface area (Å²) >= 11 is 0. The van der Waals surface area contributed by atoms with E-state index in [9.17, 15) is 0 Å². The lowest BCUT2D eigenvalue weighted by atomic mass is 9.61. The zero-order chi connectivity index (χ0) is 13.6. The van der Waals surface area contributed by atoms with E-state index in [-0.39, 0.29) is 11.5 Å². The number of aromatic amines is 1. The van der Waals surface area contributed by atoms with Crippen molar-refractivity contribution >= 4 is 11.2 Å². The number of rotatable bonds is 1. The van der Waals surface area contributed by atoms with Crippen molar-refractivity contribution in [3.63, 3.8) is 0 Å². The molecule has 19 heavy (non-hydrogen) atoms. The number of hydrogen-bond acceptors (Lipinski definition) is 4. The van der Waals surface area contributed by atoms with Crippen LogP contribution in [0.25, 0.3) is 11.2 Å². The fraction of sp³-hybridized carbons (Fsp3) is 0.643. The van der Waals surface area contributed by atoms with Crippen LogP contribution in [0.1, 0.15) is 45.4 Å². The Balaban J connectivity index is 2.01. The number of nitrogens with one attached hydrogen (secondary N) is 1. The lowest BCUT2D eigenvalue weighted by Crippen LogP contribution is -2.46. The number of fused-ring (bicyclic) bond motifs is 1. The molecular formula is C14H21N5. The molecule has 5 nitrogen and oxygen atoms in total. The number of nitrogens with two attached hydrogens (primary N) is 1. The second-order valence-corrected chi connectivity index (χ2v) is 6.29. The molecule has 3 unspecified atom stereocenters. The van der Waals surface area contributed by atoms with E-state index in [4.69, 9.17) is 5.73 Å². The third-order valence-electron chi connectivity index (χ3n) is 5.01. The molecule has 3 N–H and O–H groups in total. The second-order valence-electron chi connectivity index (χ2n) is 6.29. The number of H-pyrrole nitrogens is 1. The zero-order valence-electron chi connectivity index (χ0n) is 11.7. The Morgan fingerprint density at radius 3 is 2.89 bits per heavy atom. The van der Waals surface area contributed by atoms with Gasteiger partial charge in [-0.1, -0.05) is 20.8 Å². The van der Waals surface area contributed by atoms with Gasteiger partial charge in [-0.15, -0.1) is 0 Å². The first kappa shape index (κ1) is 12.5. The van der Waals surface area contributed by atoms with Crippen LogP contribution < -0.4 is 5.73 Å². The Labute approximate surface area is 113 Å². The number of nitrogens with zero attached hydrogens (tertiary/aromatic N) is 3. The van der Waals surface area contributed by atoms with E-state index in [1.165, 1.54) is 6.33 Å². The molecule has 102 valence electrons. The summed E-state index contributed by atoms with van der Waals surface area (Å²) in [6.45, 7) is 6.83. The van der Waals surface area contributed by atoms with Crippen LogP contribution in [-0.2, 0) is 0 Å². The quantitative estimate of drug-likeness (QED) is 0.823. The fourth-order valence-corrected chi connectivity index (χ4v) is 3.28. The smallest absolute Gasteiger partial charge is 0.180 e. The maximum absolute atomic E-state index is 6.22. The first-order chi connectivity index (χ1) is 9.00. The Hall–Kier alpha value is -1.49. The topological polar surface area (TPSA) is 80.5 Å². The van der Waals surface area contributed by atoms with Crippen LogP contribution in [0.15, 0.2) is 12.5 Å². The maximum Gasteiger partial charge on any atom is 0.180 e. The lowest BCUT2D eigenvalue weighted by molar-refractivity contribution is 0.0954. The Morgan fingerprint density at radius 2 is 2.16 bits per heavy atom. The van der Waals surface area contributed by atoms with Crippen molar-refractivity contribution in [2.45, 2.75) is 45.6 Å². The van der Waals surface area contributed by atoms with E-state index in [1.807, 2.05) is 0 Å². The summed E-state index contributed by atoms with van der Waals surface area (Å²) in [5.74, 6) is 1.90. The van der Waals surface area contributed by atoms with Crippen LogP contribution in [0.2, 0.25) is 0 Å². The summed E-state index contributed by atoms with van der Waals surface area (Å²) in [7, 11) is 0. The minimum absolute atomic E-state index is 0.138. The van der Waals surface area contributed by atoms with E-state index in [2.05, 4.69) is 40.7 Å². The van der Waals surface area contributed by atoms with E-state index >= 15 is 0 Å². The van der Waals surface area contributed by atoms with E-state index in [1.54, 1.807) is 6.20 Å². The molecular weight excluding hydrogens is 238 g/mol. The molecule has 0 bridgehead atoms. The Morgan fingerprint density at radius 1 is 1.37 bits per heavy atom. The predicted molar refractivity (Wildman–Crippen MR) is 74.6 cm³/mol. The molecule has 0 amide bonds. The predicted octanol–water partition coefficient (Wildman–Crippen LogP) is 2.22. The molecule has 0 aromatic carbocycles. The molecule has 3 rings (SSSR count). The third kappa shape index (κ3) is 1.92. The summed E-state index contributed by atoms with van der Waals surface area (Å²) in [6, 6.07) is 0.287. The molecule has 1 aliphatic carbocycles. The first-order valence-corrected chi connectivity index (χ1v) is 6.91. The monoisotopic (exact) mass is 259 g/mol. The Bertz CT molecular complexity index is 555. The minimum Gasteiger partial charge on any atom is -0.339 e. The number of imidazole rings is 1. The van der Waals surface area contributed by atoms with Gasteiger partial charge in [0.15, 0.2) is 5.65 Å². The van der Waals surface area contributed by atoms with E-state index in [0.717, 1.165) is 29.8 Å². The van der Waals surface area contributed by atoms with Gasteiger partial charge in [0, 0.05) is 12.0 Å². The summed E-state index contributed by atoms with van der Waals surface area (Å²) < 4.78 is 0. The molecule has 0 saturated heterocycles. The SMILES string of the molecule is CC1C(N)CCC(c2nc3ncncc3[nH]2)C1(C)C. The highest BCUT2D eigenvalue weighted by molar-refractivity contribution is 5.68. The number of hydrogen-bond donors (Lipinski definition) is 2. The van der Waals surface area contributed by atoms with Gasteiger partial charge in [-0.05, 0) is 24.2 Å². The highest BCUT2D eigenvalue weighted by atomic mass is 15.0. The summed E-state index contributed by atoms with van der Waals surface area (Å²) in [5, 5.41) is 0. The Kier molecular flexibility index (Phi) is 2.82. The summed E-state index contributed by atoms with van der Waals surface area (Å²) in [5.41, 5.74) is 8.02. The summed E-state index contributed by atoms with van der Waals surface area (Å²) in [6.07, 6.45) is 5.45. The van der Waals surface area contributed by atoms with Crippen molar-refractivity contribution < 1.29 is 0 Å². The second kappa shape index (κ2) is 4.27. The van der Waals surface area contributed by atoms with Gasteiger partial charge in [-0.25, -0.2) is 15.0 Å². The van der Waals surface area contributed by atoms with Gasteiger partial charge in [0.2, 0.25) is 0 Å². The standard InChI is InChI=1S/C14H21N5/c1-8-10(15)5-4-9(14(8,2)3)12-18-11-6-16-7-17-13(11)19-12/h6-10H,4-5,15H2,1-3H3,(H,16,17,18,19). The molecule has 0 radical (unpaired) electrons. The summed E-state index contributed by atoms with van der Waals surface area (Å²) in [4.78, 5) is 16.3. The lowest BCUT2D eigenvalue weighted by Gasteiger charge is -2.46. The molecule has 1 fully saturated rings. The molecule has 1 saturated carbocycles. The average molecular weight is 259 g/mol. The van der Waals surface area contributed by atoms with Gasteiger partial charge in [-0.2, -0.15) is 0 Å². The van der Waals surface area contributed by atoms with Crippen LogP contribution in [0.3, 0.4) is 0 Å². The molecule has 0 spiro atoms. The normalized spacial score (nSPS) is 30.6. The van der Waals surface area contributed by atoms with Crippen LogP contribution in [-0.4, -0.2) is 26.0 Å². The van der Waals surface area contributed by atoms with Gasteiger partial charge in [0.25, 0.3) is 0 Å². The van der Waals surface area contributed by atoms with Crippen LogP contribution in [0.4, 0.5) is 0 Å². The molecule has 2 aromatic rings. The molecule has 1 aliphatic rings.